The number of thiazole rings is 1. The maximum atomic E-state index is 13.8. The number of halogens is 1. The number of benzene rings is 2. The largest absolute Gasteiger partial charge is 0.490 e. The van der Waals surface area contributed by atoms with Crippen molar-refractivity contribution >= 4 is 46.5 Å². The molecule has 3 amide bonds. The van der Waals surface area contributed by atoms with Crippen molar-refractivity contribution in [2.45, 2.75) is 23.1 Å². The Bertz CT molecular complexity index is 1550. The van der Waals surface area contributed by atoms with Gasteiger partial charge in [0.2, 0.25) is 11.8 Å². The number of amides is 3. The lowest BCUT2D eigenvalue weighted by Crippen LogP contribution is -2.43. The average molecular weight is 600 g/mol. The highest BCUT2D eigenvalue weighted by Gasteiger charge is 2.56. The van der Waals surface area contributed by atoms with Crippen LogP contribution in [0.25, 0.3) is 0 Å². The first-order valence-electron chi connectivity index (χ1n) is 13.1. The molecular formula is C28H26FN3O7S2. The van der Waals surface area contributed by atoms with Gasteiger partial charge in [0.25, 0.3) is 5.91 Å². The Morgan fingerprint density at radius 1 is 1.05 bits per heavy atom. The molecule has 2 unspecified atom stereocenters. The molecule has 0 spiro atoms. The normalized spacial score (nSPS) is 22.0. The molecule has 1 aromatic heterocycles. The first-order valence-corrected chi connectivity index (χ1v) is 14.8. The summed E-state index contributed by atoms with van der Waals surface area (Å²) in [6, 6.07) is 10.4. The molecule has 0 radical (unpaired) electrons. The number of nitrogens with one attached hydrogen (secondary N) is 1. The number of anilines is 1. The Morgan fingerprint density at radius 2 is 1.80 bits per heavy atom. The van der Waals surface area contributed by atoms with E-state index in [2.05, 4.69) is 4.98 Å². The van der Waals surface area contributed by atoms with E-state index in [1.165, 1.54) is 24.3 Å². The Hall–Kier alpha value is -3.68. The first kappa shape index (κ1) is 27.5. The van der Waals surface area contributed by atoms with Crippen molar-refractivity contribution < 1.29 is 33.0 Å². The van der Waals surface area contributed by atoms with Crippen LogP contribution in [0.15, 0.2) is 52.3 Å². The molecule has 3 aliphatic rings. The summed E-state index contributed by atoms with van der Waals surface area (Å²) >= 11 is 2.17. The van der Waals surface area contributed by atoms with Gasteiger partial charge in [-0.25, -0.2) is 9.29 Å². The van der Waals surface area contributed by atoms with Crippen LogP contribution in [-0.4, -0.2) is 72.4 Å². The smallest absolute Gasteiger partial charge is 0.305 e. The third kappa shape index (κ3) is 5.13. The molecule has 214 valence electrons. The molecule has 41 heavy (non-hydrogen) atoms. The predicted octanol–water partition coefficient (Wildman–Crippen LogP) is 3.01. The molecule has 2 aromatic carbocycles. The summed E-state index contributed by atoms with van der Waals surface area (Å²) in [6.07, 6.45) is 0. The monoisotopic (exact) mass is 599 g/mol. The van der Waals surface area contributed by atoms with Gasteiger partial charge in [0, 0.05) is 23.9 Å². The van der Waals surface area contributed by atoms with Gasteiger partial charge in [-0.2, -0.15) is 0 Å². The second-order valence-electron chi connectivity index (χ2n) is 9.66. The maximum absolute atomic E-state index is 13.8. The summed E-state index contributed by atoms with van der Waals surface area (Å²) in [6.45, 7) is 3.95. The lowest BCUT2D eigenvalue weighted by atomic mass is 9.83. The number of aromatic amines is 1. The fourth-order valence-electron chi connectivity index (χ4n) is 5.37. The van der Waals surface area contributed by atoms with Gasteiger partial charge in [-0.3, -0.25) is 19.2 Å². The number of thioether (sulfide) groups is 1. The minimum atomic E-state index is -0.805. The summed E-state index contributed by atoms with van der Waals surface area (Å²) in [4.78, 5) is 58.4. The van der Waals surface area contributed by atoms with Gasteiger partial charge in [-0.1, -0.05) is 29.2 Å². The topological polar surface area (TPSA) is 118 Å². The van der Waals surface area contributed by atoms with E-state index in [-0.39, 0.29) is 23.1 Å². The molecule has 2 fully saturated rings. The molecule has 2 saturated heterocycles. The molecular weight excluding hydrogens is 573 g/mol. The van der Waals surface area contributed by atoms with Crippen LogP contribution in [0.2, 0.25) is 0 Å². The number of nitrogens with zero attached hydrogens (tertiary/aromatic N) is 2. The van der Waals surface area contributed by atoms with Gasteiger partial charge in [0.15, 0.2) is 18.1 Å². The number of morpholine rings is 1. The van der Waals surface area contributed by atoms with Crippen LogP contribution in [0, 0.1) is 11.7 Å². The molecule has 0 saturated carbocycles. The minimum Gasteiger partial charge on any atom is -0.490 e. The number of fused-ring (bicyclic) bond motifs is 2. The lowest BCUT2D eigenvalue weighted by Gasteiger charge is -2.30. The van der Waals surface area contributed by atoms with Crippen LogP contribution in [0.1, 0.15) is 23.3 Å². The van der Waals surface area contributed by atoms with Crippen molar-refractivity contribution in [3.63, 3.8) is 0 Å². The Labute approximate surface area is 242 Å². The summed E-state index contributed by atoms with van der Waals surface area (Å²) in [5.74, 6) is -2.17. The van der Waals surface area contributed by atoms with Crippen LogP contribution in [-0.2, 0) is 19.1 Å². The zero-order valence-corrected chi connectivity index (χ0v) is 23.6. The van der Waals surface area contributed by atoms with Gasteiger partial charge >= 0.3 is 4.87 Å². The van der Waals surface area contributed by atoms with Crippen LogP contribution in [0.4, 0.5) is 10.1 Å². The van der Waals surface area contributed by atoms with Crippen LogP contribution in [0.5, 0.6) is 11.5 Å². The number of carbonyl (C=O) groups excluding carboxylic acids is 3. The fraction of sp³-hybridized carbons (Fsp3) is 0.357. The number of rotatable bonds is 7. The second kappa shape index (κ2) is 11.3. The van der Waals surface area contributed by atoms with Crippen molar-refractivity contribution in [1.82, 2.24) is 9.88 Å². The van der Waals surface area contributed by atoms with Crippen molar-refractivity contribution in [1.29, 1.82) is 0 Å². The van der Waals surface area contributed by atoms with E-state index in [0.717, 1.165) is 28.0 Å². The number of hydrogen-bond acceptors (Lipinski definition) is 9. The zero-order chi connectivity index (χ0) is 28.7. The van der Waals surface area contributed by atoms with E-state index < -0.39 is 34.7 Å². The van der Waals surface area contributed by atoms with Crippen molar-refractivity contribution in [3.05, 3.63) is 68.4 Å². The summed E-state index contributed by atoms with van der Waals surface area (Å²) in [5, 5.41) is -0.240. The molecule has 3 aromatic rings. The average Bonchev–Trinajstić information content (AvgIpc) is 3.47. The highest BCUT2D eigenvalue weighted by atomic mass is 32.2. The van der Waals surface area contributed by atoms with E-state index in [9.17, 15) is 23.6 Å². The van der Waals surface area contributed by atoms with Crippen molar-refractivity contribution in [3.8, 4) is 11.5 Å². The second-order valence-corrected chi connectivity index (χ2v) is 11.8. The van der Waals surface area contributed by atoms with Crippen LogP contribution in [0.3, 0.4) is 0 Å². The van der Waals surface area contributed by atoms with E-state index >= 15 is 0 Å². The molecule has 13 heteroatoms. The fourth-order valence-corrected chi connectivity index (χ4v) is 7.89. The molecule has 3 aliphatic heterocycles. The lowest BCUT2D eigenvalue weighted by molar-refractivity contribution is -0.137. The summed E-state index contributed by atoms with van der Waals surface area (Å²) in [7, 11) is 0. The van der Waals surface area contributed by atoms with Crippen LogP contribution >= 0.6 is 23.1 Å². The van der Waals surface area contributed by atoms with E-state index in [1.54, 1.807) is 23.1 Å². The van der Waals surface area contributed by atoms with E-state index in [0.29, 0.717) is 59.9 Å². The Kier molecular flexibility index (Phi) is 7.58. The third-order valence-electron chi connectivity index (χ3n) is 7.25. The molecule has 4 heterocycles. The standard InChI is InChI=1S/C28H26FN3O7S2/c1-2-38-19-13-15(3-8-18(19)39-14-20(33)31-9-11-37-12-10-31)21-22-24(40-25-23(21)41-28(36)30-25)27(35)32(26(22)34)17-6-4-16(29)5-7-17/h3-8,13,21-22,24H,2,9-12,14H2,1H3,(H,30,36)/t21-,22?,24?/m1/s1. The molecule has 10 nitrogen and oxygen atoms in total. The Morgan fingerprint density at radius 3 is 2.54 bits per heavy atom. The number of imide groups is 1. The number of ether oxygens (including phenoxy) is 3. The molecule has 0 aliphatic carbocycles. The SMILES string of the molecule is CCOc1cc([C@H]2c3sc(=O)[nH]c3SC3C(=O)N(c4ccc(F)cc4)C(=O)C32)ccc1OCC(=O)N1CCOCC1. The highest BCUT2D eigenvalue weighted by Crippen LogP contribution is 2.53. The van der Waals surface area contributed by atoms with Crippen molar-refractivity contribution in [2.24, 2.45) is 5.92 Å². The summed E-state index contributed by atoms with van der Waals surface area (Å²) in [5.41, 5.74) is 0.949. The number of hydrogen-bond donors (Lipinski definition) is 1. The number of H-pyrrole nitrogens is 1. The van der Waals surface area contributed by atoms with E-state index in [4.69, 9.17) is 14.2 Å². The van der Waals surface area contributed by atoms with E-state index in [1.807, 2.05) is 6.92 Å². The van der Waals surface area contributed by atoms with Gasteiger partial charge in [-0.05, 0) is 48.9 Å². The molecule has 1 N–H and O–H groups in total. The van der Waals surface area contributed by atoms with Gasteiger partial charge in [0.05, 0.1) is 36.5 Å². The molecule has 0 bridgehead atoms. The number of aromatic nitrogens is 1. The third-order valence-corrected chi connectivity index (χ3v) is 9.65. The minimum absolute atomic E-state index is 0.162. The van der Waals surface area contributed by atoms with Gasteiger partial charge in [0.1, 0.15) is 11.1 Å². The molecule has 3 atom stereocenters. The highest BCUT2D eigenvalue weighted by molar-refractivity contribution is 8.00. The summed E-state index contributed by atoms with van der Waals surface area (Å²) < 4.78 is 30.6. The number of carbonyl (C=O) groups is 3. The molecule has 6 rings (SSSR count). The maximum Gasteiger partial charge on any atom is 0.305 e. The van der Waals surface area contributed by atoms with Crippen molar-refractivity contribution in [2.75, 3.05) is 44.4 Å². The first-order chi connectivity index (χ1) is 19.9. The zero-order valence-electron chi connectivity index (χ0n) is 22.0. The van der Waals surface area contributed by atoms with Gasteiger partial charge < -0.3 is 24.1 Å². The quantitative estimate of drug-likeness (QED) is 0.412. The predicted molar refractivity (Wildman–Crippen MR) is 149 cm³/mol. The van der Waals surface area contributed by atoms with Gasteiger partial charge in [-0.15, -0.1) is 0 Å². The van der Waals surface area contributed by atoms with Crippen LogP contribution < -0.4 is 19.2 Å². The Balaban J connectivity index is 1.34.